The summed E-state index contributed by atoms with van der Waals surface area (Å²) in [5.74, 6) is -0.580. The van der Waals surface area contributed by atoms with Crippen molar-refractivity contribution < 1.29 is 19.4 Å². The molecule has 136 valence electrons. The van der Waals surface area contributed by atoms with E-state index in [0.717, 1.165) is 25.8 Å². The van der Waals surface area contributed by atoms with Gasteiger partial charge in [0.2, 0.25) is 6.41 Å². The van der Waals surface area contributed by atoms with Crippen LogP contribution in [0.25, 0.3) is 0 Å². The summed E-state index contributed by atoms with van der Waals surface area (Å²) in [7, 11) is 0. The molecule has 0 aliphatic carbocycles. The third-order valence-corrected chi connectivity index (χ3v) is 3.25. The lowest BCUT2D eigenvalue weighted by molar-refractivity contribution is -0.119. The van der Waals surface area contributed by atoms with Gasteiger partial charge in [0, 0.05) is 6.54 Å². The minimum atomic E-state index is -1.03. The first-order chi connectivity index (χ1) is 11.5. The summed E-state index contributed by atoms with van der Waals surface area (Å²) < 4.78 is 5.57. The maximum atomic E-state index is 10.8. The minimum Gasteiger partial charge on any atom is -0.489 e. The van der Waals surface area contributed by atoms with Gasteiger partial charge < -0.3 is 20.5 Å². The summed E-state index contributed by atoms with van der Waals surface area (Å²) in [5, 5.41) is 8.83. The minimum absolute atomic E-state index is 0.0658. The number of anilines is 1. The van der Waals surface area contributed by atoms with E-state index in [1.807, 2.05) is 13.8 Å². The van der Waals surface area contributed by atoms with Gasteiger partial charge in [0.15, 0.2) is 0 Å². The van der Waals surface area contributed by atoms with Crippen LogP contribution in [0.3, 0.4) is 0 Å². The second kappa shape index (κ2) is 12.2. The zero-order chi connectivity index (χ0) is 18.5. The normalized spacial score (nSPS) is 15.5. The number of hydrogen-bond donors (Lipinski definition) is 2. The lowest BCUT2D eigenvalue weighted by atomic mass is 10.2. The topological polar surface area (TPSA) is 92.9 Å². The summed E-state index contributed by atoms with van der Waals surface area (Å²) in [4.78, 5) is 23.3. The number of rotatable bonds is 5. The average Bonchev–Trinajstić information content (AvgIpc) is 3.03. The van der Waals surface area contributed by atoms with E-state index in [0.29, 0.717) is 12.4 Å². The zero-order valence-corrected chi connectivity index (χ0v) is 15.1. The van der Waals surface area contributed by atoms with Gasteiger partial charge in [0.05, 0.1) is 17.3 Å². The summed E-state index contributed by atoms with van der Waals surface area (Å²) in [5.41, 5.74) is 6.15. The molecule has 3 N–H and O–H groups in total. The van der Waals surface area contributed by atoms with Crippen molar-refractivity contribution in [3.05, 3.63) is 23.8 Å². The Kier molecular flexibility index (Phi) is 11.1. The number of amides is 1. The van der Waals surface area contributed by atoms with E-state index >= 15 is 0 Å². The molecule has 1 aromatic carbocycles. The van der Waals surface area contributed by atoms with Crippen LogP contribution in [0.1, 0.15) is 57.3 Å². The molecule has 1 aromatic rings. The van der Waals surface area contributed by atoms with Crippen LogP contribution in [-0.2, 0) is 4.79 Å². The first kappa shape index (κ1) is 21.8. The van der Waals surface area contributed by atoms with Crippen LogP contribution >= 0.6 is 0 Å². The van der Waals surface area contributed by atoms with Gasteiger partial charge in [-0.15, -0.1) is 0 Å². The van der Waals surface area contributed by atoms with Gasteiger partial charge in [-0.3, -0.25) is 4.79 Å². The molecule has 0 spiro atoms. The van der Waals surface area contributed by atoms with Gasteiger partial charge in [-0.25, -0.2) is 4.79 Å². The van der Waals surface area contributed by atoms with E-state index < -0.39 is 5.97 Å². The third kappa shape index (κ3) is 6.89. The molecule has 0 radical (unpaired) electrons. The predicted octanol–water partition coefficient (Wildman–Crippen LogP) is 3.41. The molecule has 1 fully saturated rings. The predicted molar refractivity (Wildman–Crippen MR) is 96.4 cm³/mol. The Labute approximate surface area is 144 Å². The number of likely N-dealkylation sites (tertiary alicyclic amines) is 1. The molecule has 0 bridgehead atoms. The number of carbonyl (C=O) groups excluding carboxylic acids is 1. The number of carboxylic acids is 1. The molecule has 1 heterocycles. The monoisotopic (exact) mass is 338 g/mol. The van der Waals surface area contributed by atoms with Crippen LogP contribution in [-0.4, -0.2) is 41.6 Å². The zero-order valence-electron chi connectivity index (χ0n) is 15.1. The molecule has 1 unspecified atom stereocenters. The highest BCUT2D eigenvalue weighted by Crippen LogP contribution is 2.24. The van der Waals surface area contributed by atoms with E-state index in [1.54, 1.807) is 11.0 Å². The van der Waals surface area contributed by atoms with E-state index in [4.69, 9.17) is 15.6 Å². The van der Waals surface area contributed by atoms with Crippen LogP contribution in [0.5, 0.6) is 5.75 Å². The van der Waals surface area contributed by atoms with Crippen LogP contribution in [0.15, 0.2) is 18.2 Å². The van der Waals surface area contributed by atoms with Gasteiger partial charge in [0.1, 0.15) is 12.4 Å². The summed E-state index contributed by atoms with van der Waals surface area (Å²) in [6, 6.07) is 4.42. The van der Waals surface area contributed by atoms with Crippen molar-refractivity contribution in [3.8, 4) is 5.75 Å². The quantitative estimate of drug-likeness (QED) is 0.634. The van der Waals surface area contributed by atoms with Crippen LogP contribution < -0.4 is 10.5 Å². The SMILES string of the molecule is CC.CCC.Nc1cc(C(=O)O)ccc1OCC1CCCN1C=O. The fourth-order valence-electron chi connectivity index (χ4n) is 2.17. The molecule has 1 saturated heterocycles. The molecule has 1 amide bonds. The molecule has 1 aliphatic heterocycles. The Morgan fingerprint density at radius 3 is 2.54 bits per heavy atom. The molecular weight excluding hydrogens is 308 g/mol. The maximum absolute atomic E-state index is 10.8. The number of benzene rings is 1. The molecule has 0 saturated carbocycles. The lowest BCUT2D eigenvalue weighted by Crippen LogP contribution is -2.33. The van der Waals surface area contributed by atoms with Gasteiger partial charge in [-0.05, 0) is 31.0 Å². The number of carbonyl (C=O) groups is 2. The molecule has 24 heavy (non-hydrogen) atoms. The highest BCUT2D eigenvalue weighted by Gasteiger charge is 2.23. The highest BCUT2D eigenvalue weighted by atomic mass is 16.5. The standard InChI is InChI=1S/C13H16N2O4.C3H8.C2H6/c14-11-6-9(13(17)18)3-4-12(11)19-7-10-2-1-5-15(10)8-16;1-3-2;1-2/h3-4,6,8,10H,1-2,5,7,14H2,(H,17,18);3H2,1-2H3;1-2H3. The number of nitrogens with two attached hydrogens (primary N) is 1. The molecule has 6 heteroatoms. The van der Waals surface area contributed by atoms with E-state index in [-0.39, 0.29) is 17.3 Å². The smallest absolute Gasteiger partial charge is 0.335 e. The highest BCUT2D eigenvalue weighted by molar-refractivity contribution is 5.89. The van der Waals surface area contributed by atoms with Crippen LogP contribution in [0.2, 0.25) is 0 Å². The number of ether oxygens (including phenoxy) is 1. The number of nitrogens with zero attached hydrogens (tertiary/aromatic N) is 1. The summed E-state index contributed by atoms with van der Waals surface area (Å²) in [6.45, 7) is 9.38. The Morgan fingerprint density at radius 2 is 2.04 bits per heavy atom. The molecule has 1 aliphatic rings. The van der Waals surface area contributed by atoms with Crippen molar-refractivity contribution in [2.45, 2.75) is 53.0 Å². The Morgan fingerprint density at radius 1 is 1.42 bits per heavy atom. The Bertz CT molecular complexity index is 506. The van der Waals surface area contributed by atoms with Gasteiger partial charge in [-0.2, -0.15) is 0 Å². The van der Waals surface area contributed by atoms with Crippen LogP contribution in [0.4, 0.5) is 5.69 Å². The molecular formula is C18H30N2O4. The second-order valence-corrected chi connectivity index (χ2v) is 5.22. The number of hydrogen-bond acceptors (Lipinski definition) is 4. The van der Waals surface area contributed by atoms with Crippen molar-refractivity contribution in [2.24, 2.45) is 0 Å². The average molecular weight is 338 g/mol. The summed E-state index contributed by atoms with van der Waals surface area (Å²) >= 11 is 0. The van der Waals surface area contributed by atoms with E-state index in [9.17, 15) is 9.59 Å². The van der Waals surface area contributed by atoms with E-state index in [2.05, 4.69) is 13.8 Å². The van der Waals surface area contributed by atoms with Crippen molar-refractivity contribution in [3.63, 3.8) is 0 Å². The largest absolute Gasteiger partial charge is 0.489 e. The number of aromatic carboxylic acids is 1. The molecule has 6 nitrogen and oxygen atoms in total. The van der Waals surface area contributed by atoms with Crippen molar-refractivity contribution in [1.82, 2.24) is 4.90 Å². The molecule has 2 rings (SSSR count). The number of nitrogen functional groups attached to an aromatic ring is 1. The fraction of sp³-hybridized carbons (Fsp3) is 0.556. The Balaban J connectivity index is 0.000000952. The first-order valence-electron chi connectivity index (χ1n) is 8.50. The Hall–Kier alpha value is -2.24. The lowest BCUT2D eigenvalue weighted by Gasteiger charge is -2.20. The third-order valence-electron chi connectivity index (χ3n) is 3.25. The second-order valence-electron chi connectivity index (χ2n) is 5.22. The van der Waals surface area contributed by atoms with Gasteiger partial charge in [0.25, 0.3) is 0 Å². The van der Waals surface area contributed by atoms with Crippen LogP contribution in [0, 0.1) is 0 Å². The van der Waals surface area contributed by atoms with Crippen molar-refractivity contribution >= 4 is 18.1 Å². The van der Waals surface area contributed by atoms with E-state index in [1.165, 1.54) is 18.6 Å². The fourth-order valence-corrected chi connectivity index (χ4v) is 2.17. The van der Waals surface area contributed by atoms with Crippen molar-refractivity contribution in [1.29, 1.82) is 0 Å². The maximum Gasteiger partial charge on any atom is 0.335 e. The molecule has 0 aromatic heterocycles. The van der Waals surface area contributed by atoms with Crippen molar-refractivity contribution in [2.75, 3.05) is 18.9 Å². The molecule has 1 atom stereocenters. The van der Waals surface area contributed by atoms with Gasteiger partial charge >= 0.3 is 5.97 Å². The van der Waals surface area contributed by atoms with Gasteiger partial charge in [-0.1, -0.05) is 34.1 Å². The summed E-state index contributed by atoms with van der Waals surface area (Å²) in [6.07, 6.45) is 3.96. The number of carboxylic acid groups (broad SMARTS) is 1. The first-order valence-corrected chi connectivity index (χ1v) is 8.50.